The van der Waals surface area contributed by atoms with Crippen molar-refractivity contribution in [1.82, 2.24) is 5.43 Å². The third-order valence-corrected chi connectivity index (χ3v) is 5.87. The lowest BCUT2D eigenvalue weighted by Crippen LogP contribution is -2.38. The van der Waals surface area contributed by atoms with Crippen LogP contribution in [0.5, 0.6) is 0 Å². The second-order valence-corrected chi connectivity index (χ2v) is 7.33. The Balaban J connectivity index is 1.66. The molecule has 0 saturated heterocycles. The number of nitrogens with one attached hydrogen (secondary N) is 1. The van der Waals surface area contributed by atoms with Gasteiger partial charge in [0.05, 0.1) is 0 Å². The van der Waals surface area contributed by atoms with Crippen LogP contribution in [-0.2, 0) is 6.42 Å². The lowest BCUT2D eigenvalue weighted by molar-refractivity contribution is 0.352. The maximum absolute atomic E-state index is 5.84. The minimum atomic E-state index is 0.408. The second kappa shape index (κ2) is 7.39. The first-order valence-electron chi connectivity index (χ1n) is 8.28. The van der Waals surface area contributed by atoms with Crippen molar-refractivity contribution in [2.45, 2.75) is 57.4 Å². The molecule has 0 bridgehead atoms. The fourth-order valence-corrected chi connectivity index (χ4v) is 4.64. The van der Waals surface area contributed by atoms with E-state index >= 15 is 0 Å². The third-order valence-electron chi connectivity index (χ3n) is 4.86. The standard InChI is InChI=1S/C18H26N2S/c19-20-16(11-14-7-3-1-2-4-8-14)12-15-13-21-18-10-6-5-9-17(15)18/h5-6,9-10,13-14,16,20H,1-4,7-8,11-12,19H2. The molecule has 0 radical (unpaired) electrons. The summed E-state index contributed by atoms with van der Waals surface area (Å²) < 4.78 is 1.39. The topological polar surface area (TPSA) is 38.0 Å². The number of hydrogen-bond acceptors (Lipinski definition) is 3. The molecule has 2 nitrogen and oxygen atoms in total. The molecule has 114 valence electrons. The maximum atomic E-state index is 5.84. The van der Waals surface area contributed by atoms with Gasteiger partial charge in [-0.3, -0.25) is 11.3 Å². The van der Waals surface area contributed by atoms with Gasteiger partial charge in [0.2, 0.25) is 0 Å². The quantitative estimate of drug-likeness (QED) is 0.480. The van der Waals surface area contributed by atoms with Gasteiger partial charge in [0.1, 0.15) is 0 Å². The van der Waals surface area contributed by atoms with Gasteiger partial charge in [0.25, 0.3) is 0 Å². The van der Waals surface area contributed by atoms with E-state index in [9.17, 15) is 0 Å². The molecule has 1 fully saturated rings. The molecule has 1 unspecified atom stereocenters. The number of hydrogen-bond donors (Lipinski definition) is 2. The molecule has 1 aliphatic rings. The molecule has 1 aromatic heterocycles. The molecular formula is C18H26N2S. The number of rotatable bonds is 5. The molecule has 0 amide bonds. The van der Waals surface area contributed by atoms with E-state index in [1.807, 2.05) is 11.3 Å². The largest absolute Gasteiger partial charge is 0.271 e. The number of thiophene rings is 1. The van der Waals surface area contributed by atoms with Crippen LogP contribution < -0.4 is 11.3 Å². The van der Waals surface area contributed by atoms with Gasteiger partial charge in [0, 0.05) is 10.7 Å². The Hall–Kier alpha value is -0.900. The van der Waals surface area contributed by atoms with Crippen molar-refractivity contribution in [1.29, 1.82) is 0 Å². The molecule has 1 saturated carbocycles. The molecule has 3 N–H and O–H groups in total. The summed E-state index contributed by atoms with van der Waals surface area (Å²) in [5.74, 6) is 6.70. The summed E-state index contributed by atoms with van der Waals surface area (Å²) >= 11 is 1.85. The van der Waals surface area contributed by atoms with E-state index in [-0.39, 0.29) is 0 Å². The zero-order chi connectivity index (χ0) is 14.5. The fourth-order valence-electron chi connectivity index (χ4n) is 3.67. The summed E-state index contributed by atoms with van der Waals surface area (Å²) in [6.07, 6.45) is 10.7. The molecule has 0 spiro atoms. The summed E-state index contributed by atoms with van der Waals surface area (Å²) in [6.45, 7) is 0. The molecular weight excluding hydrogens is 276 g/mol. The Bertz CT molecular complexity index is 555. The molecule has 1 aromatic carbocycles. The predicted octanol–water partition coefficient (Wildman–Crippen LogP) is 4.64. The van der Waals surface area contributed by atoms with Crippen molar-refractivity contribution in [3.05, 3.63) is 35.2 Å². The third kappa shape index (κ3) is 3.85. The van der Waals surface area contributed by atoms with Crippen molar-refractivity contribution >= 4 is 21.4 Å². The zero-order valence-electron chi connectivity index (χ0n) is 12.7. The summed E-state index contributed by atoms with van der Waals surface area (Å²) in [4.78, 5) is 0. The number of nitrogens with two attached hydrogens (primary N) is 1. The Labute approximate surface area is 131 Å². The van der Waals surface area contributed by atoms with Gasteiger partial charge in [-0.25, -0.2) is 0 Å². The van der Waals surface area contributed by atoms with Crippen LogP contribution in [0.1, 0.15) is 50.5 Å². The Morgan fingerprint density at radius 2 is 1.90 bits per heavy atom. The minimum absolute atomic E-state index is 0.408. The lowest BCUT2D eigenvalue weighted by Gasteiger charge is -2.22. The van der Waals surface area contributed by atoms with Gasteiger partial charge < -0.3 is 0 Å². The SMILES string of the molecule is NNC(Cc1csc2ccccc12)CC1CCCCCC1. The van der Waals surface area contributed by atoms with Crippen LogP contribution in [0.4, 0.5) is 0 Å². The maximum Gasteiger partial charge on any atom is 0.0345 e. The minimum Gasteiger partial charge on any atom is -0.271 e. The highest BCUT2D eigenvalue weighted by Gasteiger charge is 2.18. The smallest absolute Gasteiger partial charge is 0.0345 e. The van der Waals surface area contributed by atoms with E-state index in [2.05, 4.69) is 35.1 Å². The van der Waals surface area contributed by atoms with Crippen molar-refractivity contribution in [2.24, 2.45) is 11.8 Å². The highest BCUT2D eigenvalue weighted by Crippen LogP contribution is 2.30. The summed E-state index contributed by atoms with van der Waals surface area (Å²) in [7, 11) is 0. The monoisotopic (exact) mass is 302 g/mol. The van der Waals surface area contributed by atoms with Gasteiger partial charge in [-0.1, -0.05) is 56.7 Å². The molecule has 0 aliphatic heterocycles. The summed E-state index contributed by atoms with van der Waals surface area (Å²) in [5.41, 5.74) is 4.53. The van der Waals surface area contributed by atoms with Crippen molar-refractivity contribution in [3.63, 3.8) is 0 Å². The van der Waals surface area contributed by atoms with E-state index in [1.165, 1.54) is 60.6 Å². The Kier molecular flexibility index (Phi) is 5.28. The molecule has 1 aliphatic carbocycles. The van der Waals surface area contributed by atoms with Gasteiger partial charge >= 0.3 is 0 Å². The first-order chi connectivity index (χ1) is 10.4. The molecule has 21 heavy (non-hydrogen) atoms. The van der Waals surface area contributed by atoms with Crippen LogP contribution in [0.25, 0.3) is 10.1 Å². The highest BCUT2D eigenvalue weighted by molar-refractivity contribution is 7.17. The molecule has 3 heteroatoms. The van der Waals surface area contributed by atoms with Crippen LogP contribution >= 0.6 is 11.3 Å². The van der Waals surface area contributed by atoms with Gasteiger partial charge in [-0.05, 0) is 41.2 Å². The molecule has 3 rings (SSSR count). The Morgan fingerprint density at radius 3 is 2.67 bits per heavy atom. The van der Waals surface area contributed by atoms with Crippen LogP contribution in [-0.4, -0.2) is 6.04 Å². The van der Waals surface area contributed by atoms with Gasteiger partial charge in [0.15, 0.2) is 0 Å². The van der Waals surface area contributed by atoms with Crippen molar-refractivity contribution in [2.75, 3.05) is 0 Å². The van der Waals surface area contributed by atoms with E-state index in [0.717, 1.165) is 12.3 Å². The first-order valence-corrected chi connectivity index (χ1v) is 9.16. The fraction of sp³-hybridized carbons (Fsp3) is 0.556. The number of hydrazine groups is 1. The van der Waals surface area contributed by atoms with Crippen LogP contribution in [0, 0.1) is 5.92 Å². The van der Waals surface area contributed by atoms with E-state index < -0.39 is 0 Å². The highest BCUT2D eigenvalue weighted by atomic mass is 32.1. The van der Waals surface area contributed by atoms with Crippen LogP contribution in [0.2, 0.25) is 0 Å². The summed E-state index contributed by atoms with van der Waals surface area (Å²) in [6, 6.07) is 9.10. The van der Waals surface area contributed by atoms with Crippen molar-refractivity contribution in [3.8, 4) is 0 Å². The first kappa shape index (κ1) is 15.0. The summed E-state index contributed by atoms with van der Waals surface area (Å²) in [5, 5.41) is 3.71. The van der Waals surface area contributed by atoms with Crippen LogP contribution in [0.15, 0.2) is 29.6 Å². The lowest BCUT2D eigenvalue weighted by atomic mass is 9.90. The average molecular weight is 302 g/mol. The van der Waals surface area contributed by atoms with Crippen LogP contribution in [0.3, 0.4) is 0 Å². The predicted molar refractivity (Wildman–Crippen MR) is 92.4 cm³/mol. The molecule has 2 aromatic rings. The van der Waals surface area contributed by atoms with E-state index in [0.29, 0.717) is 6.04 Å². The normalized spacial score (nSPS) is 18.7. The van der Waals surface area contributed by atoms with E-state index in [1.54, 1.807) is 0 Å². The van der Waals surface area contributed by atoms with Gasteiger partial charge in [-0.2, -0.15) is 0 Å². The van der Waals surface area contributed by atoms with Gasteiger partial charge in [-0.15, -0.1) is 11.3 Å². The zero-order valence-corrected chi connectivity index (χ0v) is 13.5. The van der Waals surface area contributed by atoms with Crippen molar-refractivity contribution < 1.29 is 0 Å². The molecule has 1 heterocycles. The van der Waals surface area contributed by atoms with E-state index in [4.69, 9.17) is 5.84 Å². The number of fused-ring (bicyclic) bond motifs is 1. The average Bonchev–Trinajstić information content (AvgIpc) is 2.74. The number of benzene rings is 1. The Morgan fingerprint density at radius 1 is 1.14 bits per heavy atom. The second-order valence-electron chi connectivity index (χ2n) is 6.42. The molecule has 1 atom stereocenters.